The lowest BCUT2D eigenvalue weighted by Crippen LogP contribution is -1.99. The molecule has 0 spiro atoms. The molecule has 1 aromatic heterocycles. The molecule has 27 heavy (non-hydrogen) atoms. The van der Waals surface area contributed by atoms with Crippen LogP contribution >= 0.6 is 0 Å². The van der Waals surface area contributed by atoms with Gasteiger partial charge in [-0.2, -0.15) is 0 Å². The number of fused-ring (bicyclic) bond motifs is 3. The third-order valence-corrected chi connectivity index (χ3v) is 5.28. The van der Waals surface area contributed by atoms with Crippen LogP contribution in [0.25, 0.3) is 33.9 Å². The fourth-order valence-corrected chi connectivity index (χ4v) is 3.75. The van der Waals surface area contributed by atoms with Gasteiger partial charge in [0.15, 0.2) is 5.82 Å². The van der Waals surface area contributed by atoms with Crippen molar-refractivity contribution in [1.82, 2.24) is 9.97 Å². The molecule has 1 heterocycles. The molecule has 2 nitrogen and oxygen atoms in total. The standard InChI is InChI=1S/C25H20N2/c1-16-7-11-18(12-8-16)23-22-15-20-5-3-4-6-21(20)24(22)27-25(26-23)19-13-9-17(2)10-14-19/h3-14H,15H2,1-2H3. The monoisotopic (exact) mass is 348 g/mol. The van der Waals surface area contributed by atoms with E-state index in [1.54, 1.807) is 0 Å². The van der Waals surface area contributed by atoms with E-state index in [9.17, 15) is 0 Å². The van der Waals surface area contributed by atoms with E-state index in [-0.39, 0.29) is 0 Å². The fourth-order valence-electron chi connectivity index (χ4n) is 3.75. The first-order chi connectivity index (χ1) is 13.2. The lowest BCUT2D eigenvalue weighted by molar-refractivity contribution is 1.13. The lowest BCUT2D eigenvalue weighted by atomic mass is 10.0. The number of hydrogen-bond donors (Lipinski definition) is 0. The third-order valence-electron chi connectivity index (χ3n) is 5.28. The highest BCUT2D eigenvalue weighted by molar-refractivity contribution is 5.82. The number of rotatable bonds is 2. The first kappa shape index (κ1) is 16.0. The number of benzene rings is 3. The molecule has 130 valence electrons. The van der Waals surface area contributed by atoms with Gasteiger partial charge < -0.3 is 0 Å². The van der Waals surface area contributed by atoms with E-state index in [1.165, 1.54) is 27.8 Å². The van der Waals surface area contributed by atoms with Crippen molar-refractivity contribution >= 4 is 0 Å². The Labute approximate surface area is 159 Å². The summed E-state index contributed by atoms with van der Waals surface area (Å²) in [4.78, 5) is 10.0. The summed E-state index contributed by atoms with van der Waals surface area (Å²) in [5, 5.41) is 0. The SMILES string of the molecule is Cc1ccc(-c2nc(-c3ccc(C)cc3)c3c(n2)-c2ccccc2C3)cc1. The highest BCUT2D eigenvalue weighted by atomic mass is 14.9. The summed E-state index contributed by atoms with van der Waals surface area (Å²) >= 11 is 0. The van der Waals surface area contributed by atoms with E-state index in [0.717, 1.165) is 34.8 Å². The van der Waals surface area contributed by atoms with Crippen molar-refractivity contribution in [2.45, 2.75) is 20.3 Å². The molecule has 0 bridgehead atoms. The summed E-state index contributed by atoms with van der Waals surface area (Å²) in [6.07, 6.45) is 0.892. The Hall–Kier alpha value is -3.26. The minimum absolute atomic E-state index is 0.793. The number of hydrogen-bond acceptors (Lipinski definition) is 2. The molecule has 0 aliphatic heterocycles. The first-order valence-electron chi connectivity index (χ1n) is 9.32. The maximum atomic E-state index is 5.02. The zero-order valence-electron chi connectivity index (χ0n) is 15.5. The van der Waals surface area contributed by atoms with Gasteiger partial charge in [0.25, 0.3) is 0 Å². The number of nitrogens with zero attached hydrogens (tertiary/aromatic N) is 2. The summed E-state index contributed by atoms with van der Waals surface area (Å²) in [6.45, 7) is 4.21. The average molecular weight is 348 g/mol. The molecular formula is C25H20N2. The van der Waals surface area contributed by atoms with Crippen molar-refractivity contribution in [2.24, 2.45) is 0 Å². The molecule has 4 aromatic rings. The summed E-state index contributed by atoms with van der Waals surface area (Å²) < 4.78 is 0. The molecule has 0 atom stereocenters. The van der Waals surface area contributed by atoms with Crippen LogP contribution in [0.5, 0.6) is 0 Å². The smallest absolute Gasteiger partial charge is 0.160 e. The van der Waals surface area contributed by atoms with Gasteiger partial charge in [-0.1, -0.05) is 83.9 Å². The Morgan fingerprint density at radius 3 is 1.93 bits per heavy atom. The van der Waals surface area contributed by atoms with Gasteiger partial charge in [-0.3, -0.25) is 0 Å². The normalized spacial score (nSPS) is 11.9. The molecular weight excluding hydrogens is 328 g/mol. The molecule has 5 rings (SSSR count). The Morgan fingerprint density at radius 2 is 1.22 bits per heavy atom. The molecule has 0 saturated heterocycles. The van der Waals surface area contributed by atoms with Crippen LogP contribution in [0.1, 0.15) is 22.3 Å². The van der Waals surface area contributed by atoms with E-state index in [2.05, 4.69) is 86.6 Å². The second-order valence-electron chi connectivity index (χ2n) is 7.29. The van der Waals surface area contributed by atoms with Crippen LogP contribution in [0.2, 0.25) is 0 Å². The van der Waals surface area contributed by atoms with Crippen LogP contribution in [0.15, 0.2) is 72.8 Å². The second-order valence-corrected chi connectivity index (χ2v) is 7.29. The maximum Gasteiger partial charge on any atom is 0.160 e. The second kappa shape index (κ2) is 6.17. The Morgan fingerprint density at radius 1 is 0.630 bits per heavy atom. The van der Waals surface area contributed by atoms with Gasteiger partial charge in [0.1, 0.15) is 0 Å². The van der Waals surface area contributed by atoms with Crippen LogP contribution in [-0.4, -0.2) is 9.97 Å². The van der Waals surface area contributed by atoms with Crippen molar-refractivity contribution in [3.8, 4) is 33.9 Å². The zero-order chi connectivity index (χ0) is 18.4. The third kappa shape index (κ3) is 2.74. The highest BCUT2D eigenvalue weighted by Gasteiger charge is 2.25. The van der Waals surface area contributed by atoms with Gasteiger partial charge in [-0.25, -0.2) is 9.97 Å². The Bertz CT molecular complexity index is 1140. The molecule has 0 radical (unpaired) electrons. The summed E-state index contributed by atoms with van der Waals surface area (Å²) in [5.41, 5.74) is 10.6. The minimum atomic E-state index is 0.793. The molecule has 0 unspecified atom stereocenters. The molecule has 2 heteroatoms. The van der Waals surface area contributed by atoms with E-state index >= 15 is 0 Å². The zero-order valence-corrected chi connectivity index (χ0v) is 15.5. The molecule has 0 amide bonds. The molecule has 1 aliphatic rings. The molecule has 0 N–H and O–H groups in total. The van der Waals surface area contributed by atoms with Crippen molar-refractivity contribution < 1.29 is 0 Å². The van der Waals surface area contributed by atoms with Gasteiger partial charge in [0.2, 0.25) is 0 Å². The predicted octanol–water partition coefficient (Wildman–Crippen LogP) is 6.00. The summed E-state index contributed by atoms with van der Waals surface area (Å²) in [7, 11) is 0. The van der Waals surface area contributed by atoms with E-state index in [4.69, 9.17) is 9.97 Å². The van der Waals surface area contributed by atoms with E-state index in [1.807, 2.05) is 0 Å². The summed E-state index contributed by atoms with van der Waals surface area (Å²) in [5.74, 6) is 0.793. The van der Waals surface area contributed by atoms with Crippen LogP contribution in [0.4, 0.5) is 0 Å². The van der Waals surface area contributed by atoms with Crippen molar-refractivity contribution in [1.29, 1.82) is 0 Å². The van der Waals surface area contributed by atoms with Crippen LogP contribution < -0.4 is 0 Å². The van der Waals surface area contributed by atoms with Gasteiger partial charge in [0.05, 0.1) is 11.4 Å². The lowest BCUT2D eigenvalue weighted by Gasteiger charge is -2.11. The molecule has 1 aliphatic carbocycles. The summed E-state index contributed by atoms with van der Waals surface area (Å²) in [6, 6.07) is 25.6. The van der Waals surface area contributed by atoms with E-state index < -0.39 is 0 Å². The van der Waals surface area contributed by atoms with Crippen LogP contribution in [-0.2, 0) is 6.42 Å². The minimum Gasteiger partial charge on any atom is -0.228 e. The fraction of sp³-hybridized carbons (Fsp3) is 0.120. The predicted molar refractivity (Wildman–Crippen MR) is 111 cm³/mol. The highest BCUT2D eigenvalue weighted by Crippen LogP contribution is 2.40. The van der Waals surface area contributed by atoms with E-state index in [0.29, 0.717) is 0 Å². The van der Waals surface area contributed by atoms with Crippen molar-refractivity contribution in [3.63, 3.8) is 0 Å². The van der Waals surface area contributed by atoms with Gasteiger partial charge in [-0.05, 0) is 19.4 Å². The maximum absolute atomic E-state index is 5.02. The van der Waals surface area contributed by atoms with Gasteiger partial charge in [-0.15, -0.1) is 0 Å². The van der Waals surface area contributed by atoms with Crippen molar-refractivity contribution in [3.05, 3.63) is 95.1 Å². The topological polar surface area (TPSA) is 25.8 Å². The largest absolute Gasteiger partial charge is 0.228 e. The van der Waals surface area contributed by atoms with Crippen LogP contribution in [0, 0.1) is 13.8 Å². The Balaban J connectivity index is 1.76. The first-order valence-corrected chi connectivity index (χ1v) is 9.32. The average Bonchev–Trinajstić information content (AvgIpc) is 3.07. The number of aromatic nitrogens is 2. The van der Waals surface area contributed by atoms with Gasteiger partial charge in [0, 0.05) is 28.7 Å². The molecule has 3 aromatic carbocycles. The quantitative estimate of drug-likeness (QED) is 0.391. The molecule has 0 fully saturated rings. The number of aryl methyl sites for hydroxylation is 2. The van der Waals surface area contributed by atoms with Crippen molar-refractivity contribution in [2.75, 3.05) is 0 Å². The van der Waals surface area contributed by atoms with Crippen LogP contribution in [0.3, 0.4) is 0 Å². The Kier molecular flexibility index (Phi) is 3.64. The molecule has 0 saturated carbocycles. The van der Waals surface area contributed by atoms with Gasteiger partial charge >= 0.3 is 0 Å².